The van der Waals surface area contributed by atoms with Crippen molar-refractivity contribution in [3.63, 3.8) is 0 Å². The molecule has 23 heavy (non-hydrogen) atoms. The third-order valence-corrected chi connectivity index (χ3v) is 3.58. The van der Waals surface area contributed by atoms with E-state index in [1.165, 1.54) is 24.1 Å². The zero-order chi connectivity index (χ0) is 17.6. The van der Waals surface area contributed by atoms with Crippen LogP contribution in [-0.2, 0) is 15.8 Å². The SMILES string of the molecule is CCC(C(=O)N(C)CCCC(=O)O)c1cccc(C(F)(F)F)c1. The molecule has 0 heterocycles. The summed E-state index contributed by atoms with van der Waals surface area (Å²) in [5.74, 6) is -1.93. The molecule has 0 saturated carbocycles. The van der Waals surface area contributed by atoms with Crippen molar-refractivity contribution < 1.29 is 27.9 Å². The van der Waals surface area contributed by atoms with E-state index >= 15 is 0 Å². The molecule has 128 valence electrons. The molecule has 1 unspecified atom stereocenters. The summed E-state index contributed by atoms with van der Waals surface area (Å²) >= 11 is 0. The Morgan fingerprint density at radius 3 is 2.48 bits per heavy atom. The molecule has 0 saturated heterocycles. The minimum atomic E-state index is -4.45. The molecule has 0 aliphatic heterocycles. The summed E-state index contributed by atoms with van der Waals surface area (Å²) in [6.07, 6.45) is -3.84. The number of hydrogen-bond donors (Lipinski definition) is 1. The topological polar surface area (TPSA) is 57.6 Å². The molecular weight excluding hydrogens is 311 g/mol. The van der Waals surface area contributed by atoms with Crippen molar-refractivity contribution in [1.29, 1.82) is 0 Å². The smallest absolute Gasteiger partial charge is 0.416 e. The number of likely N-dealkylation sites (N-methyl/N-ethyl adjacent to an activating group) is 1. The van der Waals surface area contributed by atoms with Crippen LogP contribution in [0.1, 0.15) is 43.2 Å². The molecule has 4 nitrogen and oxygen atoms in total. The lowest BCUT2D eigenvalue weighted by molar-refractivity contribution is -0.138. The molecule has 1 aromatic carbocycles. The first-order valence-electron chi connectivity index (χ1n) is 7.30. The molecule has 0 bridgehead atoms. The van der Waals surface area contributed by atoms with Gasteiger partial charge in [0.2, 0.25) is 5.91 Å². The lowest BCUT2D eigenvalue weighted by Gasteiger charge is -2.23. The van der Waals surface area contributed by atoms with Crippen molar-refractivity contribution in [3.8, 4) is 0 Å². The monoisotopic (exact) mass is 331 g/mol. The Labute approximate surface area is 132 Å². The summed E-state index contributed by atoms with van der Waals surface area (Å²) in [6, 6.07) is 4.76. The highest BCUT2D eigenvalue weighted by atomic mass is 19.4. The van der Waals surface area contributed by atoms with Gasteiger partial charge in [0, 0.05) is 20.0 Å². The predicted octanol–water partition coefficient (Wildman–Crippen LogP) is 3.52. The van der Waals surface area contributed by atoms with Gasteiger partial charge in [0.1, 0.15) is 0 Å². The zero-order valence-corrected chi connectivity index (χ0v) is 13.1. The number of carboxylic acid groups (broad SMARTS) is 1. The second-order valence-corrected chi connectivity index (χ2v) is 5.34. The molecular formula is C16H20F3NO3. The average molecular weight is 331 g/mol. The zero-order valence-electron chi connectivity index (χ0n) is 13.1. The standard InChI is InChI=1S/C16H20F3NO3/c1-3-13(15(23)20(2)9-5-8-14(21)22)11-6-4-7-12(10-11)16(17,18)19/h4,6-7,10,13H,3,5,8-9H2,1-2H3,(H,21,22). The number of rotatable bonds is 7. The van der Waals surface area contributed by atoms with Gasteiger partial charge in [-0.05, 0) is 24.5 Å². The van der Waals surface area contributed by atoms with Crippen molar-refractivity contribution in [2.45, 2.75) is 38.3 Å². The summed E-state index contributed by atoms with van der Waals surface area (Å²) in [4.78, 5) is 24.3. The summed E-state index contributed by atoms with van der Waals surface area (Å²) < 4.78 is 38.4. The van der Waals surface area contributed by atoms with Crippen LogP contribution >= 0.6 is 0 Å². The number of halogens is 3. The maximum Gasteiger partial charge on any atom is 0.416 e. The van der Waals surface area contributed by atoms with Gasteiger partial charge in [0.25, 0.3) is 0 Å². The average Bonchev–Trinajstić information content (AvgIpc) is 2.46. The van der Waals surface area contributed by atoms with Gasteiger partial charge >= 0.3 is 12.1 Å². The first kappa shape index (κ1) is 19.0. The molecule has 0 aliphatic carbocycles. The quantitative estimate of drug-likeness (QED) is 0.832. The number of aliphatic carboxylic acids is 1. The summed E-state index contributed by atoms with van der Waals surface area (Å²) in [7, 11) is 1.53. The molecule has 1 N–H and O–H groups in total. The number of carbonyl (C=O) groups excluding carboxylic acids is 1. The fraction of sp³-hybridized carbons (Fsp3) is 0.500. The van der Waals surface area contributed by atoms with Crippen molar-refractivity contribution in [3.05, 3.63) is 35.4 Å². The van der Waals surface area contributed by atoms with Gasteiger partial charge in [-0.3, -0.25) is 9.59 Å². The number of hydrogen-bond acceptors (Lipinski definition) is 2. The van der Waals surface area contributed by atoms with E-state index in [9.17, 15) is 22.8 Å². The fourth-order valence-electron chi connectivity index (χ4n) is 2.33. The van der Waals surface area contributed by atoms with Crippen LogP contribution in [0.15, 0.2) is 24.3 Å². The molecule has 7 heteroatoms. The van der Waals surface area contributed by atoms with Crippen molar-refractivity contribution in [2.75, 3.05) is 13.6 Å². The minimum absolute atomic E-state index is 0.0576. The first-order valence-corrected chi connectivity index (χ1v) is 7.30. The molecule has 1 atom stereocenters. The second kappa shape index (κ2) is 7.99. The molecule has 1 rings (SSSR count). The van der Waals surface area contributed by atoms with Gasteiger partial charge in [-0.25, -0.2) is 0 Å². The number of amides is 1. The number of alkyl halides is 3. The lowest BCUT2D eigenvalue weighted by Crippen LogP contribution is -2.32. The summed E-state index contributed by atoms with van der Waals surface area (Å²) in [6.45, 7) is 1.98. The van der Waals surface area contributed by atoms with Crippen LogP contribution in [0.4, 0.5) is 13.2 Å². The summed E-state index contributed by atoms with van der Waals surface area (Å²) in [5, 5.41) is 8.60. The van der Waals surface area contributed by atoms with Gasteiger partial charge in [0.05, 0.1) is 11.5 Å². The fourth-order valence-corrected chi connectivity index (χ4v) is 2.33. The molecule has 0 radical (unpaired) electrons. The Balaban J connectivity index is 2.86. The van der Waals surface area contributed by atoms with Gasteiger partial charge < -0.3 is 10.0 Å². The molecule has 0 aliphatic rings. The normalized spacial score (nSPS) is 12.7. The van der Waals surface area contributed by atoms with E-state index < -0.39 is 23.6 Å². The first-order chi connectivity index (χ1) is 10.7. The highest BCUT2D eigenvalue weighted by molar-refractivity contribution is 5.83. The third-order valence-electron chi connectivity index (χ3n) is 3.58. The van der Waals surface area contributed by atoms with Crippen LogP contribution in [0.2, 0.25) is 0 Å². The van der Waals surface area contributed by atoms with Gasteiger partial charge in [-0.2, -0.15) is 13.2 Å². The van der Waals surface area contributed by atoms with Crippen LogP contribution in [-0.4, -0.2) is 35.5 Å². The van der Waals surface area contributed by atoms with Gasteiger partial charge in [0.15, 0.2) is 0 Å². The molecule has 1 amide bonds. The van der Waals surface area contributed by atoms with Gasteiger partial charge in [-0.15, -0.1) is 0 Å². The number of carboxylic acids is 1. The van der Waals surface area contributed by atoms with E-state index in [-0.39, 0.29) is 18.9 Å². The van der Waals surface area contributed by atoms with E-state index in [0.29, 0.717) is 18.4 Å². The molecule has 1 aromatic rings. The maximum absolute atomic E-state index is 12.8. The Bertz CT molecular complexity index is 558. The lowest BCUT2D eigenvalue weighted by atomic mass is 9.93. The third kappa shape index (κ3) is 5.58. The number of benzene rings is 1. The molecule has 0 spiro atoms. The Hall–Kier alpha value is -2.05. The maximum atomic E-state index is 12.8. The van der Waals surface area contributed by atoms with Crippen LogP contribution in [0.5, 0.6) is 0 Å². The van der Waals surface area contributed by atoms with Crippen molar-refractivity contribution in [2.24, 2.45) is 0 Å². The van der Waals surface area contributed by atoms with Gasteiger partial charge in [-0.1, -0.05) is 25.1 Å². The Kier molecular flexibility index (Phi) is 6.60. The van der Waals surface area contributed by atoms with E-state index in [1.54, 1.807) is 6.92 Å². The van der Waals surface area contributed by atoms with Crippen LogP contribution in [0.25, 0.3) is 0 Å². The Morgan fingerprint density at radius 1 is 1.30 bits per heavy atom. The highest BCUT2D eigenvalue weighted by Crippen LogP contribution is 2.32. The summed E-state index contributed by atoms with van der Waals surface area (Å²) in [5.41, 5.74) is -0.466. The van der Waals surface area contributed by atoms with E-state index in [2.05, 4.69) is 0 Å². The highest BCUT2D eigenvalue weighted by Gasteiger charge is 2.32. The van der Waals surface area contributed by atoms with E-state index in [0.717, 1.165) is 12.1 Å². The van der Waals surface area contributed by atoms with Crippen LogP contribution in [0, 0.1) is 0 Å². The number of carbonyl (C=O) groups is 2. The largest absolute Gasteiger partial charge is 0.481 e. The predicted molar refractivity (Wildman–Crippen MR) is 79.0 cm³/mol. The van der Waals surface area contributed by atoms with E-state index in [4.69, 9.17) is 5.11 Å². The minimum Gasteiger partial charge on any atom is -0.481 e. The van der Waals surface area contributed by atoms with E-state index in [1.807, 2.05) is 0 Å². The second-order valence-electron chi connectivity index (χ2n) is 5.34. The number of nitrogens with zero attached hydrogens (tertiary/aromatic N) is 1. The van der Waals surface area contributed by atoms with Crippen LogP contribution < -0.4 is 0 Å². The van der Waals surface area contributed by atoms with Crippen LogP contribution in [0.3, 0.4) is 0 Å². The Morgan fingerprint density at radius 2 is 1.96 bits per heavy atom. The van der Waals surface area contributed by atoms with Crippen molar-refractivity contribution in [1.82, 2.24) is 4.90 Å². The molecule has 0 fully saturated rings. The molecule has 0 aromatic heterocycles. The van der Waals surface area contributed by atoms with Crippen molar-refractivity contribution >= 4 is 11.9 Å².